The first-order chi connectivity index (χ1) is 10.1. The Morgan fingerprint density at radius 3 is 2.67 bits per heavy atom. The van der Waals surface area contributed by atoms with Gasteiger partial charge < -0.3 is 15.0 Å². The number of nitriles is 1. The highest BCUT2D eigenvalue weighted by Gasteiger charge is 2.00. The summed E-state index contributed by atoms with van der Waals surface area (Å²) >= 11 is 0. The van der Waals surface area contributed by atoms with Gasteiger partial charge in [-0.1, -0.05) is 12.1 Å². The van der Waals surface area contributed by atoms with Gasteiger partial charge in [0.15, 0.2) is 0 Å². The van der Waals surface area contributed by atoms with Crippen molar-refractivity contribution >= 4 is 5.91 Å². The number of carbonyl (C=O) groups is 1. The lowest BCUT2D eigenvalue weighted by atomic mass is 10.1. The maximum Gasteiger partial charge on any atom is 0.234 e. The van der Waals surface area contributed by atoms with Crippen LogP contribution in [0.5, 0.6) is 5.75 Å². The molecule has 0 unspecified atom stereocenters. The largest absolute Gasteiger partial charge is 0.494 e. The molecule has 5 heteroatoms. The van der Waals surface area contributed by atoms with E-state index in [1.807, 2.05) is 44.4 Å². The molecule has 0 fully saturated rings. The van der Waals surface area contributed by atoms with Gasteiger partial charge in [-0.15, -0.1) is 0 Å². The second kappa shape index (κ2) is 9.78. The topological polar surface area (TPSA) is 65.4 Å². The Bertz CT molecular complexity index is 463. The van der Waals surface area contributed by atoms with Crippen LogP contribution >= 0.6 is 0 Å². The van der Waals surface area contributed by atoms with Crippen molar-refractivity contribution in [2.24, 2.45) is 0 Å². The number of hydrogen-bond acceptors (Lipinski definition) is 4. The number of nitrogens with one attached hydrogen (secondary N) is 1. The predicted molar refractivity (Wildman–Crippen MR) is 82.1 cm³/mol. The number of rotatable bonds is 9. The first kappa shape index (κ1) is 17.0. The molecule has 114 valence electrons. The SMILES string of the molecule is CN(C)CCCOc1ccc(CCNC(=O)CC#N)cc1. The minimum atomic E-state index is -0.224. The van der Waals surface area contributed by atoms with Gasteiger partial charge in [0.2, 0.25) is 5.91 Å². The summed E-state index contributed by atoms with van der Waals surface area (Å²) in [6.07, 6.45) is 1.66. The van der Waals surface area contributed by atoms with Gasteiger partial charge in [0.05, 0.1) is 12.7 Å². The normalized spacial score (nSPS) is 10.2. The van der Waals surface area contributed by atoms with Crippen molar-refractivity contribution in [3.63, 3.8) is 0 Å². The third kappa shape index (κ3) is 7.95. The number of amides is 1. The fourth-order valence-corrected chi connectivity index (χ4v) is 1.80. The number of benzene rings is 1. The smallest absolute Gasteiger partial charge is 0.234 e. The first-order valence-corrected chi connectivity index (χ1v) is 7.12. The van der Waals surface area contributed by atoms with Gasteiger partial charge in [-0.25, -0.2) is 0 Å². The first-order valence-electron chi connectivity index (χ1n) is 7.12. The van der Waals surface area contributed by atoms with E-state index >= 15 is 0 Å². The molecule has 0 spiro atoms. The summed E-state index contributed by atoms with van der Waals surface area (Å²) in [5, 5.41) is 11.1. The molecule has 0 saturated carbocycles. The molecule has 0 aliphatic rings. The lowest BCUT2D eigenvalue weighted by molar-refractivity contribution is -0.120. The molecule has 0 atom stereocenters. The number of nitrogens with zero attached hydrogens (tertiary/aromatic N) is 2. The lowest BCUT2D eigenvalue weighted by Crippen LogP contribution is -2.24. The average molecular weight is 289 g/mol. The minimum Gasteiger partial charge on any atom is -0.494 e. The molecule has 1 aromatic carbocycles. The van der Waals surface area contributed by atoms with Crippen molar-refractivity contribution in [1.29, 1.82) is 5.26 Å². The molecule has 0 radical (unpaired) electrons. The highest BCUT2D eigenvalue weighted by atomic mass is 16.5. The molecule has 0 heterocycles. The van der Waals surface area contributed by atoms with Gasteiger partial charge in [0, 0.05) is 13.1 Å². The van der Waals surface area contributed by atoms with E-state index in [1.165, 1.54) is 0 Å². The monoisotopic (exact) mass is 289 g/mol. The summed E-state index contributed by atoms with van der Waals surface area (Å²) in [6.45, 7) is 2.27. The summed E-state index contributed by atoms with van der Waals surface area (Å²) in [6, 6.07) is 9.71. The van der Waals surface area contributed by atoms with Crippen molar-refractivity contribution in [2.75, 3.05) is 33.8 Å². The molecule has 0 aromatic heterocycles. The van der Waals surface area contributed by atoms with Crippen LogP contribution in [0.4, 0.5) is 0 Å². The van der Waals surface area contributed by atoms with Gasteiger partial charge in [-0.3, -0.25) is 4.79 Å². The second-order valence-corrected chi connectivity index (χ2v) is 5.08. The molecule has 0 bridgehead atoms. The molecule has 5 nitrogen and oxygen atoms in total. The van der Waals surface area contributed by atoms with Crippen LogP contribution in [0, 0.1) is 11.3 Å². The Kier molecular flexibility index (Phi) is 7.92. The molecule has 0 aliphatic carbocycles. The van der Waals surface area contributed by atoms with Gasteiger partial charge in [0.1, 0.15) is 12.2 Å². The highest BCUT2D eigenvalue weighted by Crippen LogP contribution is 2.12. The van der Waals surface area contributed by atoms with Crippen LogP contribution in [0.1, 0.15) is 18.4 Å². The van der Waals surface area contributed by atoms with Crippen LogP contribution in [0.2, 0.25) is 0 Å². The van der Waals surface area contributed by atoms with Gasteiger partial charge in [0.25, 0.3) is 0 Å². The Morgan fingerprint density at radius 2 is 2.05 bits per heavy atom. The fraction of sp³-hybridized carbons (Fsp3) is 0.500. The van der Waals surface area contributed by atoms with Crippen LogP contribution in [-0.2, 0) is 11.2 Å². The second-order valence-electron chi connectivity index (χ2n) is 5.08. The van der Waals surface area contributed by atoms with Gasteiger partial charge in [-0.2, -0.15) is 5.26 Å². The van der Waals surface area contributed by atoms with Gasteiger partial charge >= 0.3 is 0 Å². The summed E-state index contributed by atoms with van der Waals surface area (Å²) in [7, 11) is 4.09. The summed E-state index contributed by atoms with van der Waals surface area (Å²) < 4.78 is 5.65. The van der Waals surface area contributed by atoms with E-state index in [2.05, 4.69) is 10.2 Å². The van der Waals surface area contributed by atoms with Gasteiger partial charge in [-0.05, 0) is 44.6 Å². The van der Waals surface area contributed by atoms with Crippen molar-refractivity contribution in [3.8, 4) is 11.8 Å². The third-order valence-corrected chi connectivity index (χ3v) is 2.92. The van der Waals surface area contributed by atoms with Crippen molar-refractivity contribution in [2.45, 2.75) is 19.3 Å². The predicted octanol–water partition coefficient (Wildman–Crippen LogP) is 1.59. The van der Waals surface area contributed by atoms with Crippen molar-refractivity contribution in [3.05, 3.63) is 29.8 Å². The highest BCUT2D eigenvalue weighted by molar-refractivity contribution is 5.77. The third-order valence-electron chi connectivity index (χ3n) is 2.92. The molecule has 0 aliphatic heterocycles. The zero-order chi connectivity index (χ0) is 15.5. The van der Waals surface area contributed by atoms with Crippen LogP contribution in [-0.4, -0.2) is 44.6 Å². The van der Waals surface area contributed by atoms with E-state index in [-0.39, 0.29) is 12.3 Å². The van der Waals surface area contributed by atoms with Crippen LogP contribution in [0.15, 0.2) is 24.3 Å². The van der Waals surface area contributed by atoms with E-state index < -0.39 is 0 Å². The summed E-state index contributed by atoms with van der Waals surface area (Å²) in [5.41, 5.74) is 1.13. The van der Waals surface area contributed by atoms with E-state index in [4.69, 9.17) is 10.00 Å². The molecular formula is C16H23N3O2. The maximum atomic E-state index is 11.1. The summed E-state index contributed by atoms with van der Waals surface area (Å²) in [4.78, 5) is 13.3. The Labute approximate surface area is 126 Å². The Balaban J connectivity index is 2.24. The number of ether oxygens (including phenoxy) is 1. The molecular weight excluding hydrogens is 266 g/mol. The van der Waals surface area contributed by atoms with E-state index in [0.29, 0.717) is 13.2 Å². The van der Waals surface area contributed by atoms with Crippen LogP contribution < -0.4 is 10.1 Å². The molecule has 1 amide bonds. The van der Waals surface area contributed by atoms with Crippen LogP contribution in [0.3, 0.4) is 0 Å². The molecule has 0 saturated heterocycles. The number of hydrogen-bond donors (Lipinski definition) is 1. The quantitative estimate of drug-likeness (QED) is 0.701. The van der Waals surface area contributed by atoms with E-state index in [9.17, 15) is 4.79 Å². The minimum absolute atomic E-state index is 0.0836. The molecule has 21 heavy (non-hydrogen) atoms. The Hall–Kier alpha value is -2.06. The molecule has 1 N–H and O–H groups in total. The van der Waals surface area contributed by atoms with Crippen molar-refractivity contribution in [1.82, 2.24) is 10.2 Å². The molecule has 1 aromatic rings. The zero-order valence-corrected chi connectivity index (χ0v) is 12.8. The lowest BCUT2D eigenvalue weighted by Gasteiger charge is -2.10. The van der Waals surface area contributed by atoms with E-state index in [0.717, 1.165) is 30.7 Å². The maximum absolute atomic E-state index is 11.1. The summed E-state index contributed by atoms with van der Waals surface area (Å²) in [5.74, 6) is 0.643. The Morgan fingerprint density at radius 1 is 1.33 bits per heavy atom. The average Bonchev–Trinajstić information content (AvgIpc) is 2.45. The standard InChI is InChI=1S/C16H23N3O2/c1-19(2)12-3-13-21-15-6-4-14(5-7-15)9-11-18-16(20)8-10-17/h4-7H,3,8-9,11-13H2,1-2H3,(H,18,20). The van der Waals surface area contributed by atoms with Crippen LogP contribution in [0.25, 0.3) is 0 Å². The molecule has 1 rings (SSSR count). The van der Waals surface area contributed by atoms with E-state index in [1.54, 1.807) is 0 Å². The number of carbonyl (C=O) groups excluding carboxylic acids is 1. The van der Waals surface area contributed by atoms with Crippen molar-refractivity contribution < 1.29 is 9.53 Å². The zero-order valence-electron chi connectivity index (χ0n) is 12.8. The fourth-order valence-electron chi connectivity index (χ4n) is 1.80.